The Bertz CT molecular complexity index is 1050. The molecule has 0 radical (unpaired) electrons. The predicted molar refractivity (Wildman–Crippen MR) is 111 cm³/mol. The summed E-state index contributed by atoms with van der Waals surface area (Å²) < 4.78 is 1.67. The van der Waals surface area contributed by atoms with Gasteiger partial charge in [0.05, 0.1) is 35.8 Å². The van der Waals surface area contributed by atoms with Crippen molar-refractivity contribution >= 4 is 27.4 Å². The summed E-state index contributed by atoms with van der Waals surface area (Å²) in [7, 11) is 0. The highest BCUT2D eigenvalue weighted by molar-refractivity contribution is 7.15. The molecule has 28 heavy (non-hydrogen) atoms. The third-order valence-corrected chi connectivity index (χ3v) is 7.04. The van der Waals surface area contributed by atoms with Gasteiger partial charge in [-0.05, 0) is 50.7 Å². The first-order valence-electron chi connectivity index (χ1n) is 10.1. The van der Waals surface area contributed by atoms with Gasteiger partial charge in [-0.2, -0.15) is 0 Å². The molecule has 1 aliphatic heterocycles. The molecule has 1 fully saturated rings. The van der Waals surface area contributed by atoms with Crippen molar-refractivity contribution in [2.24, 2.45) is 0 Å². The number of aromatic nitrogens is 3. The van der Waals surface area contributed by atoms with Crippen LogP contribution in [0.25, 0.3) is 10.9 Å². The molecule has 0 amide bonds. The highest BCUT2D eigenvalue weighted by atomic mass is 32.1. The SMILES string of the molecule is O=c1c2ccccc2nc(C2CCCN2c2nc3c(s2)CCCC3)n1CCO. The number of para-hydroxylation sites is 1. The number of thiazole rings is 1. The average Bonchev–Trinajstić information content (AvgIpc) is 3.36. The van der Waals surface area contributed by atoms with Crippen LogP contribution in [-0.4, -0.2) is 32.8 Å². The highest BCUT2D eigenvalue weighted by Gasteiger charge is 2.33. The lowest BCUT2D eigenvalue weighted by molar-refractivity contribution is 0.270. The molecule has 2 aliphatic rings. The van der Waals surface area contributed by atoms with Gasteiger partial charge < -0.3 is 10.0 Å². The van der Waals surface area contributed by atoms with Gasteiger partial charge in [0.2, 0.25) is 0 Å². The summed E-state index contributed by atoms with van der Waals surface area (Å²) in [6, 6.07) is 7.50. The van der Waals surface area contributed by atoms with Gasteiger partial charge in [-0.3, -0.25) is 9.36 Å². The van der Waals surface area contributed by atoms with E-state index in [2.05, 4.69) is 4.90 Å². The standard InChI is InChI=1S/C21H24N4O2S/c26-13-12-25-19(22-15-7-2-1-6-14(15)20(25)27)17-9-5-11-24(17)21-23-16-8-3-4-10-18(16)28-21/h1-2,6-7,17,26H,3-5,8-13H2. The number of hydrogen-bond acceptors (Lipinski definition) is 6. The molecule has 5 rings (SSSR count). The van der Waals surface area contributed by atoms with Crippen LogP contribution in [-0.2, 0) is 19.4 Å². The zero-order valence-electron chi connectivity index (χ0n) is 15.8. The number of nitrogens with zero attached hydrogens (tertiary/aromatic N) is 4. The van der Waals surface area contributed by atoms with E-state index in [0.29, 0.717) is 5.39 Å². The molecule has 146 valence electrons. The molecule has 0 spiro atoms. The second kappa shape index (κ2) is 7.29. The minimum atomic E-state index is -0.0782. The van der Waals surface area contributed by atoms with E-state index in [1.54, 1.807) is 4.57 Å². The van der Waals surface area contributed by atoms with E-state index in [9.17, 15) is 9.90 Å². The third-order valence-electron chi connectivity index (χ3n) is 5.85. The molecule has 0 bridgehead atoms. The lowest BCUT2D eigenvalue weighted by Gasteiger charge is -2.26. The van der Waals surface area contributed by atoms with Crippen LogP contribution in [0, 0.1) is 0 Å². The van der Waals surface area contributed by atoms with Gasteiger partial charge in [0.25, 0.3) is 5.56 Å². The topological polar surface area (TPSA) is 71.2 Å². The van der Waals surface area contributed by atoms with Crippen molar-refractivity contribution in [3.8, 4) is 0 Å². The van der Waals surface area contributed by atoms with E-state index in [-0.39, 0.29) is 24.8 Å². The number of rotatable bonds is 4. The predicted octanol–water partition coefficient (Wildman–Crippen LogP) is 3.07. The summed E-state index contributed by atoms with van der Waals surface area (Å²) in [5.41, 5.74) is 1.91. The van der Waals surface area contributed by atoms with Gasteiger partial charge in [0.1, 0.15) is 5.82 Å². The van der Waals surface area contributed by atoms with Crippen LogP contribution in [0.2, 0.25) is 0 Å². The molecule has 1 saturated heterocycles. The second-order valence-corrected chi connectivity index (χ2v) is 8.65. The Morgan fingerprint density at radius 1 is 1.14 bits per heavy atom. The fourth-order valence-electron chi connectivity index (χ4n) is 4.48. The Balaban J connectivity index is 1.61. The average molecular weight is 397 g/mol. The first-order chi connectivity index (χ1) is 13.8. The first-order valence-corrected chi connectivity index (χ1v) is 10.9. The molecule has 1 unspecified atom stereocenters. The van der Waals surface area contributed by atoms with Crippen molar-refractivity contribution in [2.75, 3.05) is 18.1 Å². The van der Waals surface area contributed by atoms with Gasteiger partial charge in [-0.15, -0.1) is 11.3 Å². The largest absolute Gasteiger partial charge is 0.395 e. The number of anilines is 1. The monoisotopic (exact) mass is 396 g/mol. The van der Waals surface area contributed by atoms with E-state index in [4.69, 9.17) is 9.97 Å². The van der Waals surface area contributed by atoms with Crippen molar-refractivity contribution in [1.82, 2.24) is 14.5 Å². The zero-order valence-corrected chi connectivity index (χ0v) is 16.6. The van der Waals surface area contributed by atoms with E-state index in [0.717, 1.165) is 48.7 Å². The maximum Gasteiger partial charge on any atom is 0.261 e. The summed E-state index contributed by atoms with van der Waals surface area (Å²) in [6.45, 7) is 1.12. The van der Waals surface area contributed by atoms with Crippen LogP contribution < -0.4 is 10.5 Å². The Kier molecular flexibility index (Phi) is 4.64. The van der Waals surface area contributed by atoms with Crippen LogP contribution in [0.5, 0.6) is 0 Å². The first kappa shape index (κ1) is 17.8. The molecule has 1 N–H and O–H groups in total. The molecule has 3 heterocycles. The summed E-state index contributed by atoms with van der Waals surface area (Å²) >= 11 is 1.81. The van der Waals surface area contributed by atoms with E-state index < -0.39 is 0 Å². The maximum absolute atomic E-state index is 13.1. The molecule has 3 aromatic rings. The van der Waals surface area contributed by atoms with Gasteiger partial charge in [-0.25, -0.2) is 9.97 Å². The van der Waals surface area contributed by atoms with Crippen molar-refractivity contribution < 1.29 is 5.11 Å². The number of aliphatic hydroxyl groups excluding tert-OH is 1. The van der Waals surface area contributed by atoms with Crippen molar-refractivity contribution in [1.29, 1.82) is 0 Å². The Morgan fingerprint density at radius 2 is 2.00 bits per heavy atom. The van der Waals surface area contributed by atoms with Crippen LogP contribution in [0.4, 0.5) is 5.13 Å². The van der Waals surface area contributed by atoms with Crippen LogP contribution in [0.3, 0.4) is 0 Å². The van der Waals surface area contributed by atoms with Crippen molar-refractivity contribution in [3.05, 3.63) is 51.0 Å². The molecule has 2 aromatic heterocycles. The lowest BCUT2D eigenvalue weighted by Crippen LogP contribution is -2.33. The van der Waals surface area contributed by atoms with Gasteiger partial charge in [0, 0.05) is 11.4 Å². The molecule has 7 heteroatoms. The van der Waals surface area contributed by atoms with Crippen molar-refractivity contribution in [3.63, 3.8) is 0 Å². The number of aryl methyl sites for hydroxylation is 2. The van der Waals surface area contributed by atoms with Crippen LogP contribution in [0.15, 0.2) is 29.1 Å². The molecule has 0 saturated carbocycles. The molecular weight excluding hydrogens is 372 g/mol. The molecule has 1 aromatic carbocycles. The summed E-state index contributed by atoms with van der Waals surface area (Å²) in [4.78, 5) is 26.7. The fourth-order valence-corrected chi connectivity index (χ4v) is 5.70. The lowest BCUT2D eigenvalue weighted by atomic mass is 10.0. The van der Waals surface area contributed by atoms with Crippen LogP contribution in [0.1, 0.15) is 48.1 Å². The third kappa shape index (κ3) is 2.93. The quantitative estimate of drug-likeness (QED) is 0.734. The highest BCUT2D eigenvalue weighted by Crippen LogP contribution is 2.40. The molecule has 1 atom stereocenters. The number of hydrogen-bond donors (Lipinski definition) is 1. The van der Waals surface area contributed by atoms with E-state index >= 15 is 0 Å². The fraction of sp³-hybridized carbons (Fsp3) is 0.476. The summed E-state index contributed by atoms with van der Waals surface area (Å²) in [5.74, 6) is 0.753. The Hall–Kier alpha value is -2.25. The maximum atomic E-state index is 13.1. The smallest absolute Gasteiger partial charge is 0.261 e. The summed E-state index contributed by atoms with van der Waals surface area (Å²) in [6.07, 6.45) is 6.68. The normalized spacial score (nSPS) is 19.3. The second-order valence-electron chi connectivity index (χ2n) is 7.59. The Morgan fingerprint density at radius 3 is 2.86 bits per heavy atom. The number of fused-ring (bicyclic) bond motifs is 2. The summed E-state index contributed by atoms with van der Waals surface area (Å²) in [5, 5.41) is 11.2. The van der Waals surface area contributed by atoms with Crippen LogP contribution >= 0.6 is 11.3 Å². The number of aliphatic hydroxyl groups is 1. The minimum absolute atomic E-state index is 0.0245. The minimum Gasteiger partial charge on any atom is -0.395 e. The molecular formula is C21H24N4O2S. The van der Waals surface area contributed by atoms with Crippen molar-refractivity contribution in [2.45, 2.75) is 51.1 Å². The van der Waals surface area contributed by atoms with E-state index in [1.165, 1.54) is 23.4 Å². The molecule has 6 nitrogen and oxygen atoms in total. The number of benzene rings is 1. The Labute approximate surface area is 167 Å². The van der Waals surface area contributed by atoms with E-state index in [1.807, 2.05) is 35.6 Å². The van der Waals surface area contributed by atoms with Gasteiger partial charge in [-0.1, -0.05) is 12.1 Å². The zero-order chi connectivity index (χ0) is 19.1. The molecule has 1 aliphatic carbocycles. The van der Waals surface area contributed by atoms with Gasteiger partial charge in [0.15, 0.2) is 5.13 Å². The van der Waals surface area contributed by atoms with Gasteiger partial charge >= 0.3 is 0 Å².